The minimum atomic E-state index is -0.475. The van der Waals surface area contributed by atoms with Crippen LogP contribution in [0.25, 0.3) is 0 Å². The first-order chi connectivity index (χ1) is 8.58. The minimum absolute atomic E-state index is 0.181. The van der Waals surface area contributed by atoms with Crippen LogP contribution in [0.5, 0.6) is 5.88 Å². The molecule has 98 valence electrons. The van der Waals surface area contributed by atoms with E-state index >= 15 is 0 Å². The van der Waals surface area contributed by atoms with E-state index in [1.54, 1.807) is 11.9 Å². The molecular weight excluding hydrogens is 234 g/mol. The third-order valence-corrected chi connectivity index (χ3v) is 3.25. The van der Waals surface area contributed by atoms with Crippen molar-refractivity contribution in [1.82, 2.24) is 15.2 Å². The number of aromatic nitrogens is 1. The van der Waals surface area contributed by atoms with E-state index in [9.17, 15) is 14.7 Å². The minimum Gasteiger partial charge on any atom is -0.494 e. The van der Waals surface area contributed by atoms with Gasteiger partial charge in [-0.15, -0.1) is 0 Å². The van der Waals surface area contributed by atoms with Gasteiger partial charge in [-0.2, -0.15) is 0 Å². The Morgan fingerprint density at radius 2 is 2.06 bits per heavy atom. The number of aromatic hydroxyl groups is 1. The summed E-state index contributed by atoms with van der Waals surface area (Å²) in [5.41, 5.74) is -0.255. The molecule has 18 heavy (non-hydrogen) atoms. The average Bonchev–Trinajstić information content (AvgIpc) is 2.37. The summed E-state index contributed by atoms with van der Waals surface area (Å²) in [6.07, 6.45) is 1.80. The van der Waals surface area contributed by atoms with Gasteiger partial charge in [0.25, 0.3) is 11.5 Å². The Balaban J connectivity index is 2.16. The van der Waals surface area contributed by atoms with Crippen LogP contribution in [0.4, 0.5) is 0 Å². The van der Waals surface area contributed by atoms with Gasteiger partial charge < -0.3 is 15.3 Å². The third-order valence-electron chi connectivity index (χ3n) is 3.25. The van der Waals surface area contributed by atoms with Gasteiger partial charge in [0, 0.05) is 25.2 Å². The van der Waals surface area contributed by atoms with Crippen LogP contribution in [0, 0.1) is 0 Å². The van der Waals surface area contributed by atoms with E-state index < -0.39 is 5.56 Å². The summed E-state index contributed by atoms with van der Waals surface area (Å²) in [7, 11) is 1.73. The van der Waals surface area contributed by atoms with E-state index in [0.29, 0.717) is 0 Å². The van der Waals surface area contributed by atoms with Gasteiger partial charge in [0.2, 0.25) is 0 Å². The van der Waals surface area contributed by atoms with Crippen molar-refractivity contribution < 1.29 is 9.90 Å². The van der Waals surface area contributed by atoms with Crippen LogP contribution in [0.15, 0.2) is 16.9 Å². The number of rotatable bonds is 2. The smallest absolute Gasteiger partial charge is 0.254 e. The highest BCUT2D eigenvalue weighted by Gasteiger charge is 2.23. The number of carbonyl (C=O) groups is 1. The van der Waals surface area contributed by atoms with Crippen molar-refractivity contribution in [2.45, 2.75) is 18.9 Å². The molecule has 1 saturated heterocycles. The van der Waals surface area contributed by atoms with Gasteiger partial charge in [0.15, 0.2) is 5.88 Å². The van der Waals surface area contributed by atoms with E-state index in [-0.39, 0.29) is 23.4 Å². The zero-order valence-electron chi connectivity index (χ0n) is 10.3. The summed E-state index contributed by atoms with van der Waals surface area (Å²) in [5, 5.41) is 12.5. The SMILES string of the molecule is CN(C(=O)c1cc(O)[nH]c(=O)c1)C1CCNCC1. The summed E-state index contributed by atoms with van der Waals surface area (Å²) < 4.78 is 0. The number of carbonyl (C=O) groups excluding carboxylic acids is 1. The Bertz CT molecular complexity index is 492. The van der Waals surface area contributed by atoms with E-state index in [0.717, 1.165) is 25.9 Å². The third kappa shape index (κ3) is 2.70. The molecule has 0 aliphatic carbocycles. The number of hydrogen-bond donors (Lipinski definition) is 3. The van der Waals surface area contributed by atoms with Gasteiger partial charge in [-0.1, -0.05) is 0 Å². The molecule has 3 N–H and O–H groups in total. The lowest BCUT2D eigenvalue weighted by Crippen LogP contribution is -2.44. The fraction of sp³-hybridized carbons (Fsp3) is 0.500. The molecule has 0 radical (unpaired) electrons. The molecule has 2 heterocycles. The number of hydrogen-bond acceptors (Lipinski definition) is 4. The highest BCUT2D eigenvalue weighted by Crippen LogP contribution is 2.14. The van der Waals surface area contributed by atoms with Gasteiger partial charge >= 0.3 is 0 Å². The number of amides is 1. The number of pyridine rings is 1. The molecule has 6 heteroatoms. The van der Waals surface area contributed by atoms with Gasteiger partial charge in [0.1, 0.15) is 0 Å². The maximum Gasteiger partial charge on any atom is 0.254 e. The molecule has 0 spiro atoms. The molecule has 1 aliphatic rings. The molecule has 1 amide bonds. The number of H-pyrrole nitrogens is 1. The number of nitrogens with zero attached hydrogens (tertiary/aromatic N) is 1. The first kappa shape index (κ1) is 12.6. The number of nitrogens with one attached hydrogen (secondary N) is 2. The molecule has 1 fully saturated rings. The van der Waals surface area contributed by atoms with Crippen LogP contribution in [0.3, 0.4) is 0 Å². The van der Waals surface area contributed by atoms with E-state index in [1.165, 1.54) is 12.1 Å². The monoisotopic (exact) mass is 251 g/mol. The van der Waals surface area contributed by atoms with Crippen LogP contribution in [-0.4, -0.2) is 47.1 Å². The highest BCUT2D eigenvalue weighted by molar-refractivity contribution is 5.94. The molecule has 1 aromatic rings. The van der Waals surface area contributed by atoms with Crippen molar-refractivity contribution in [3.63, 3.8) is 0 Å². The highest BCUT2D eigenvalue weighted by atomic mass is 16.3. The van der Waals surface area contributed by atoms with E-state index in [4.69, 9.17) is 0 Å². The molecule has 0 aromatic carbocycles. The van der Waals surface area contributed by atoms with Crippen LogP contribution in [0.2, 0.25) is 0 Å². The van der Waals surface area contributed by atoms with E-state index in [1.807, 2.05) is 0 Å². The summed E-state index contributed by atoms with van der Waals surface area (Å²) in [6.45, 7) is 1.78. The first-order valence-electron chi connectivity index (χ1n) is 5.99. The normalized spacial score (nSPS) is 16.5. The second-order valence-corrected chi connectivity index (χ2v) is 4.52. The quantitative estimate of drug-likeness (QED) is 0.685. The number of piperidine rings is 1. The second kappa shape index (κ2) is 5.22. The van der Waals surface area contributed by atoms with Gasteiger partial charge in [-0.3, -0.25) is 14.6 Å². The van der Waals surface area contributed by atoms with Crippen LogP contribution in [-0.2, 0) is 0 Å². The second-order valence-electron chi connectivity index (χ2n) is 4.52. The predicted octanol–water partition coefficient (Wildman–Crippen LogP) is -0.0955. The summed E-state index contributed by atoms with van der Waals surface area (Å²) in [5.74, 6) is -0.520. The molecular formula is C12H17N3O3. The van der Waals surface area contributed by atoms with Crippen molar-refractivity contribution in [2.75, 3.05) is 20.1 Å². The topological polar surface area (TPSA) is 85.4 Å². The maximum absolute atomic E-state index is 12.2. The summed E-state index contributed by atoms with van der Waals surface area (Å²) in [6, 6.07) is 2.67. The lowest BCUT2D eigenvalue weighted by Gasteiger charge is -2.31. The molecule has 0 saturated carbocycles. The van der Waals surface area contributed by atoms with Crippen molar-refractivity contribution in [3.05, 3.63) is 28.0 Å². The van der Waals surface area contributed by atoms with E-state index in [2.05, 4.69) is 10.3 Å². The van der Waals surface area contributed by atoms with Crippen molar-refractivity contribution in [1.29, 1.82) is 0 Å². The fourth-order valence-electron chi connectivity index (χ4n) is 2.22. The number of aromatic amines is 1. The molecule has 6 nitrogen and oxygen atoms in total. The van der Waals surface area contributed by atoms with Gasteiger partial charge in [0.05, 0.1) is 5.56 Å². The Hall–Kier alpha value is -1.82. The van der Waals surface area contributed by atoms with Crippen LogP contribution < -0.4 is 10.9 Å². The van der Waals surface area contributed by atoms with Crippen molar-refractivity contribution >= 4 is 5.91 Å². The Morgan fingerprint density at radius 3 is 2.67 bits per heavy atom. The standard InChI is InChI=1S/C12H17N3O3/c1-15(9-2-4-13-5-3-9)12(18)8-6-10(16)14-11(17)7-8/h6-7,9,13H,2-5H2,1H3,(H2,14,16,17). The van der Waals surface area contributed by atoms with Crippen LogP contribution >= 0.6 is 0 Å². The molecule has 2 rings (SSSR count). The largest absolute Gasteiger partial charge is 0.494 e. The van der Waals surface area contributed by atoms with Gasteiger partial charge in [-0.25, -0.2) is 0 Å². The average molecular weight is 251 g/mol. The molecule has 0 bridgehead atoms. The molecule has 1 aromatic heterocycles. The Labute approximate surface area is 105 Å². The lowest BCUT2D eigenvalue weighted by atomic mass is 10.0. The van der Waals surface area contributed by atoms with Crippen molar-refractivity contribution in [3.8, 4) is 5.88 Å². The molecule has 0 atom stereocenters. The Kier molecular flexibility index (Phi) is 3.66. The first-order valence-corrected chi connectivity index (χ1v) is 5.99. The summed E-state index contributed by atoms with van der Waals surface area (Å²) in [4.78, 5) is 27.3. The lowest BCUT2D eigenvalue weighted by molar-refractivity contribution is 0.0702. The summed E-state index contributed by atoms with van der Waals surface area (Å²) >= 11 is 0. The van der Waals surface area contributed by atoms with Crippen LogP contribution in [0.1, 0.15) is 23.2 Å². The predicted molar refractivity (Wildman–Crippen MR) is 66.7 cm³/mol. The van der Waals surface area contributed by atoms with Gasteiger partial charge in [-0.05, 0) is 25.9 Å². The zero-order chi connectivity index (χ0) is 13.1. The zero-order valence-corrected chi connectivity index (χ0v) is 10.3. The molecule has 1 aliphatic heterocycles. The Morgan fingerprint density at radius 1 is 1.39 bits per heavy atom. The molecule has 0 unspecified atom stereocenters. The van der Waals surface area contributed by atoms with Crippen molar-refractivity contribution in [2.24, 2.45) is 0 Å². The maximum atomic E-state index is 12.2. The fourth-order valence-corrected chi connectivity index (χ4v) is 2.22.